The summed E-state index contributed by atoms with van der Waals surface area (Å²) < 4.78 is 0. The van der Waals surface area contributed by atoms with Crippen LogP contribution in [-0.2, 0) is 4.79 Å². The first-order valence-corrected chi connectivity index (χ1v) is 8.84. The summed E-state index contributed by atoms with van der Waals surface area (Å²) in [6, 6.07) is 6.56. The van der Waals surface area contributed by atoms with Crippen LogP contribution >= 0.6 is 0 Å². The number of carbonyl (C=O) groups excluding carboxylic acids is 2. The lowest BCUT2D eigenvalue weighted by atomic mass is 9.96. The quantitative estimate of drug-likeness (QED) is 0.907. The zero-order valence-electron chi connectivity index (χ0n) is 14.8. The molecule has 0 bridgehead atoms. The predicted octanol–water partition coefficient (Wildman–Crippen LogP) is 2.77. The molecule has 2 saturated heterocycles. The van der Waals surface area contributed by atoms with Crippen LogP contribution < -0.4 is 5.32 Å². The van der Waals surface area contributed by atoms with Crippen LogP contribution in [0.2, 0.25) is 0 Å². The van der Waals surface area contributed by atoms with Crippen molar-refractivity contribution in [2.24, 2.45) is 0 Å². The first-order chi connectivity index (χ1) is 11.5. The molecule has 5 nitrogen and oxygen atoms in total. The van der Waals surface area contributed by atoms with Gasteiger partial charge in [-0.25, -0.2) is 4.79 Å². The van der Waals surface area contributed by atoms with Gasteiger partial charge in [0.15, 0.2) is 0 Å². The summed E-state index contributed by atoms with van der Waals surface area (Å²) in [6.07, 6.45) is 3.30. The van der Waals surface area contributed by atoms with Crippen molar-refractivity contribution in [3.05, 3.63) is 34.9 Å². The molecular weight excluding hydrogens is 302 g/mol. The lowest BCUT2D eigenvalue weighted by molar-refractivity contribution is -0.132. The number of piperidine rings is 1. The van der Waals surface area contributed by atoms with Crippen LogP contribution in [0.15, 0.2) is 18.2 Å². The molecule has 24 heavy (non-hydrogen) atoms. The van der Waals surface area contributed by atoms with Gasteiger partial charge in [-0.15, -0.1) is 0 Å². The van der Waals surface area contributed by atoms with Gasteiger partial charge in [-0.3, -0.25) is 4.79 Å². The van der Waals surface area contributed by atoms with Crippen molar-refractivity contribution >= 4 is 11.9 Å². The first-order valence-electron chi connectivity index (χ1n) is 8.84. The molecule has 2 atom stereocenters. The van der Waals surface area contributed by atoms with Gasteiger partial charge in [0.2, 0.25) is 5.91 Å². The minimum absolute atomic E-state index is 0.00570. The summed E-state index contributed by atoms with van der Waals surface area (Å²) in [6.45, 7) is 5.66. The maximum atomic E-state index is 12.8. The molecule has 2 heterocycles. The van der Waals surface area contributed by atoms with Crippen molar-refractivity contribution in [3.8, 4) is 0 Å². The Morgan fingerprint density at radius 2 is 2.04 bits per heavy atom. The maximum Gasteiger partial charge on any atom is 0.318 e. The monoisotopic (exact) mass is 329 g/mol. The van der Waals surface area contributed by atoms with Crippen molar-refractivity contribution in [2.45, 2.75) is 51.6 Å². The lowest BCUT2D eigenvalue weighted by Gasteiger charge is -2.33. The molecule has 3 amide bonds. The van der Waals surface area contributed by atoms with E-state index in [9.17, 15) is 9.59 Å². The summed E-state index contributed by atoms with van der Waals surface area (Å²) >= 11 is 0. The Balaban J connectivity index is 1.70. The summed E-state index contributed by atoms with van der Waals surface area (Å²) in [7, 11) is 1.80. The van der Waals surface area contributed by atoms with Gasteiger partial charge >= 0.3 is 6.03 Å². The molecule has 0 saturated carbocycles. The molecule has 0 radical (unpaired) electrons. The predicted molar refractivity (Wildman–Crippen MR) is 93.8 cm³/mol. The van der Waals surface area contributed by atoms with Crippen LogP contribution in [-0.4, -0.2) is 47.9 Å². The molecule has 0 aliphatic carbocycles. The fraction of sp³-hybridized carbons (Fsp3) is 0.579. The van der Waals surface area contributed by atoms with E-state index in [0.717, 1.165) is 25.8 Å². The maximum absolute atomic E-state index is 12.8. The molecule has 2 aliphatic rings. The van der Waals surface area contributed by atoms with E-state index in [4.69, 9.17) is 0 Å². The Hall–Kier alpha value is -2.04. The Labute approximate surface area is 144 Å². The summed E-state index contributed by atoms with van der Waals surface area (Å²) in [5, 5.41) is 3.14. The third-order valence-corrected chi connectivity index (χ3v) is 5.47. The number of urea groups is 1. The molecule has 2 aliphatic heterocycles. The number of hydrogen-bond donors (Lipinski definition) is 1. The van der Waals surface area contributed by atoms with E-state index in [0.29, 0.717) is 13.0 Å². The van der Waals surface area contributed by atoms with Crippen LogP contribution in [0.4, 0.5) is 4.79 Å². The molecule has 1 aromatic rings. The van der Waals surface area contributed by atoms with Gasteiger partial charge in [-0.2, -0.15) is 0 Å². The molecule has 0 unspecified atom stereocenters. The average molecular weight is 329 g/mol. The van der Waals surface area contributed by atoms with E-state index < -0.39 is 0 Å². The van der Waals surface area contributed by atoms with Gasteiger partial charge in [0.05, 0.1) is 6.04 Å². The van der Waals surface area contributed by atoms with E-state index in [1.807, 2.05) is 4.90 Å². The molecule has 5 heteroatoms. The third kappa shape index (κ3) is 3.25. The molecular formula is C19H27N3O2. The Bertz CT molecular complexity index is 643. The molecule has 130 valence electrons. The minimum Gasteiger partial charge on any atom is -0.344 e. The molecule has 2 fully saturated rings. The fourth-order valence-corrected chi connectivity index (χ4v) is 3.86. The molecule has 1 N–H and O–H groups in total. The number of amides is 3. The molecule has 1 aromatic carbocycles. The number of benzene rings is 1. The van der Waals surface area contributed by atoms with Gasteiger partial charge in [0, 0.05) is 32.6 Å². The zero-order chi connectivity index (χ0) is 17.3. The normalized spacial score (nSPS) is 24.4. The second kappa shape index (κ2) is 6.83. The second-order valence-corrected chi connectivity index (χ2v) is 7.10. The summed E-state index contributed by atoms with van der Waals surface area (Å²) in [5.74, 6) is 0.162. The van der Waals surface area contributed by atoms with Crippen molar-refractivity contribution in [1.29, 1.82) is 0 Å². The van der Waals surface area contributed by atoms with Crippen molar-refractivity contribution in [1.82, 2.24) is 15.1 Å². The number of nitrogens with one attached hydrogen (secondary N) is 1. The van der Waals surface area contributed by atoms with Crippen molar-refractivity contribution in [2.75, 3.05) is 20.1 Å². The van der Waals surface area contributed by atoms with Gasteiger partial charge in [-0.1, -0.05) is 18.2 Å². The van der Waals surface area contributed by atoms with Gasteiger partial charge in [0.25, 0.3) is 0 Å². The van der Waals surface area contributed by atoms with Gasteiger partial charge < -0.3 is 15.1 Å². The largest absolute Gasteiger partial charge is 0.344 e. The van der Waals surface area contributed by atoms with Crippen LogP contribution in [0, 0.1) is 13.8 Å². The van der Waals surface area contributed by atoms with E-state index in [1.165, 1.54) is 16.7 Å². The highest BCUT2D eigenvalue weighted by Gasteiger charge is 2.33. The number of hydrogen-bond acceptors (Lipinski definition) is 2. The Morgan fingerprint density at radius 3 is 2.79 bits per heavy atom. The van der Waals surface area contributed by atoms with Crippen LogP contribution in [0.1, 0.15) is 48.4 Å². The molecule has 3 rings (SSSR count). The number of likely N-dealkylation sites (N-methyl/N-ethyl adjacent to an activating group) is 1. The van der Waals surface area contributed by atoms with Gasteiger partial charge in [0.1, 0.15) is 0 Å². The number of aryl methyl sites for hydroxylation is 1. The van der Waals surface area contributed by atoms with Gasteiger partial charge in [-0.05, 0) is 49.8 Å². The second-order valence-electron chi connectivity index (χ2n) is 7.10. The minimum atomic E-state index is 0.00570. The topological polar surface area (TPSA) is 52.7 Å². The number of rotatable bonds is 2. The lowest BCUT2D eigenvalue weighted by Crippen LogP contribution is -2.51. The van der Waals surface area contributed by atoms with E-state index in [2.05, 4.69) is 37.4 Å². The third-order valence-electron chi connectivity index (χ3n) is 5.47. The summed E-state index contributed by atoms with van der Waals surface area (Å²) in [5.41, 5.74) is 3.82. The van der Waals surface area contributed by atoms with E-state index in [1.54, 1.807) is 11.9 Å². The molecule has 0 aromatic heterocycles. The number of carbonyl (C=O) groups is 2. The van der Waals surface area contributed by atoms with E-state index in [-0.39, 0.29) is 24.0 Å². The van der Waals surface area contributed by atoms with Crippen LogP contribution in [0.5, 0.6) is 0 Å². The van der Waals surface area contributed by atoms with E-state index >= 15 is 0 Å². The van der Waals surface area contributed by atoms with Crippen LogP contribution in [0.25, 0.3) is 0 Å². The standard InChI is InChI=1S/C19H27N3O2/c1-13-6-4-7-16(14(13)2)17-8-5-11-22(17)19(24)20-15-9-10-18(23)21(3)12-15/h4,6-7,15,17H,5,8-12H2,1-3H3,(H,20,24)/t15-,17+/m0/s1. The average Bonchev–Trinajstić information content (AvgIpc) is 3.03. The molecule has 0 spiro atoms. The Kier molecular flexibility index (Phi) is 4.78. The highest BCUT2D eigenvalue weighted by molar-refractivity contribution is 5.78. The Morgan fingerprint density at radius 1 is 1.25 bits per heavy atom. The highest BCUT2D eigenvalue weighted by atomic mass is 16.2. The summed E-state index contributed by atoms with van der Waals surface area (Å²) in [4.78, 5) is 28.1. The highest BCUT2D eigenvalue weighted by Crippen LogP contribution is 2.34. The SMILES string of the molecule is Cc1cccc([C@H]2CCCN2C(=O)N[C@H]2CCC(=O)N(C)C2)c1C. The van der Waals surface area contributed by atoms with Crippen molar-refractivity contribution in [3.63, 3.8) is 0 Å². The fourth-order valence-electron chi connectivity index (χ4n) is 3.86. The van der Waals surface area contributed by atoms with Crippen molar-refractivity contribution < 1.29 is 9.59 Å². The zero-order valence-corrected chi connectivity index (χ0v) is 14.8. The number of nitrogens with zero attached hydrogens (tertiary/aromatic N) is 2. The van der Waals surface area contributed by atoms with Crippen LogP contribution in [0.3, 0.4) is 0 Å². The number of likely N-dealkylation sites (tertiary alicyclic amines) is 2. The first kappa shape index (κ1) is 16.8. The smallest absolute Gasteiger partial charge is 0.318 e.